The fourth-order valence-corrected chi connectivity index (χ4v) is 6.05. The Morgan fingerprint density at radius 3 is 2.55 bits per heavy atom. The van der Waals surface area contributed by atoms with Crippen molar-refractivity contribution >= 4 is 33.2 Å². The van der Waals surface area contributed by atoms with Gasteiger partial charge in [-0.25, -0.2) is 13.4 Å². The molecule has 1 aliphatic rings. The summed E-state index contributed by atoms with van der Waals surface area (Å²) in [7, 11) is -3.66. The molecule has 8 nitrogen and oxygen atoms in total. The number of carbonyl (C=O) groups is 1. The van der Waals surface area contributed by atoms with E-state index in [4.69, 9.17) is 31.2 Å². The topological polar surface area (TPSA) is 114 Å². The maximum absolute atomic E-state index is 13.7. The average Bonchev–Trinajstić information content (AvgIpc) is 3.30. The fourth-order valence-electron chi connectivity index (χ4n) is 4.45. The quantitative estimate of drug-likeness (QED) is 0.291. The van der Waals surface area contributed by atoms with Crippen molar-refractivity contribution in [2.45, 2.75) is 42.7 Å². The number of carbonyl (C=O) groups excluding carboxylic acids is 1. The summed E-state index contributed by atoms with van der Waals surface area (Å²) in [5.74, 6) is 0.212. The Bertz CT molecular complexity index is 1430. The molecule has 10 heteroatoms. The number of hydrogen-bond acceptors (Lipinski definition) is 7. The van der Waals surface area contributed by atoms with Gasteiger partial charge in [0, 0.05) is 30.2 Å². The van der Waals surface area contributed by atoms with Crippen LogP contribution in [0.5, 0.6) is 5.75 Å². The number of amides is 1. The molecule has 0 saturated carbocycles. The Hall–Kier alpha value is -3.40. The lowest BCUT2D eigenvalue weighted by atomic mass is 9.90. The fraction of sp³-hybridized carbons (Fsp3) is 0.333. The number of aliphatic imine (C=N–C) groups is 1. The maximum atomic E-state index is 13.7. The molecule has 0 aromatic heterocycles. The number of benzene rings is 3. The molecule has 0 unspecified atom stereocenters. The van der Waals surface area contributed by atoms with Gasteiger partial charge in [0.15, 0.2) is 15.4 Å². The van der Waals surface area contributed by atoms with Gasteiger partial charge in [-0.15, -0.1) is 0 Å². The van der Waals surface area contributed by atoms with Crippen molar-refractivity contribution in [2.24, 2.45) is 4.99 Å². The summed E-state index contributed by atoms with van der Waals surface area (Å²) in [5, 5.41) is 12.5. The molecule has 2 N–H and O–H groups in total. The summed E-state index contributed by atoms with van der Waals surface area (Å²) in [6.45, 7) is 2.49. The number of aliphatic hydroxyl groups excluding tert-OH is 1. The molecule has 0 radical (unpaired) electrons. The van der Waals surface area contributed by atoms with Crippen LogP contribution in [0.3, 0.4) is 0 Å². The molecular formula is C30H33ClN2O6S. The maximum Gasteiger partial charge on any atom is 0.251 e. The number of ether oxygens (including phenoxy) is 2. The molecule has 40 heavy (non-hydrogen) atoms. The monoisotopic (exact) mass is 584 g/mol. The lowest BCUT2D eigenvalue weighted by molar-refractivity contribution is -0.128. The molecule has 3 aromatic rings. The molecular weight excluding hydrogens is 552 g/mol. The Morgan fingerprint density at radius 1 is 1.10 bits per heavy atom. The minimum atomic E-state index is -3.66. The highest BCUT2D eigenvalue weighted by Gasteiger charge is 2.50. The lowest BCUT2D eigenvalue weighted by Crippen LogP contribution is -2.52. The Balaban J connectivity index is 1.56. The van der Waals surface area contributed by atoms with Crippen molar-refractivity contribution in [3.8, 4) is 5.75 Å². The number of sulfone groups is 1. The van der Waals surface area contributed by atoms with E-state index in [1.807, 2.05) is 18.2 Å². The third-order valence-electron chi connectivity index (χ3n) is 6.77. The number of nitrogens with zero attached hydrogens (tertiary/aromatic N) is 1. The summed E-state index contributed by atoms with van der Waals surface area (Å²) in [5.41, 5.74) is 0.164. The predicted octanol–water partition coefficient (Wildman–Crippen LogP) is 4.23. The molecule has 4 rings (SSSR count). The van der Waals surface area contributed by atoms with Crippen LogP contribution in [0.2, 0.25) is 5.02 Å². The van der Waals surface area contributed by atoms with Crippen molar-refractivity contribution < 1.29 is 27.8 Å². The summed E-state index contributed by atoms with van der Waals surface area (Å²) in [4.78, 5) is 18.6. The van der Waals surface area contributed by atoms with E-state index in [-0.39, 0.29) is 29.6 Å². The molecule has 0 saturated heterocycles. The molecule has 0 bridgehead atoms. The van der Waals surface area contributed by atoms with Crippen molar-refractivity contribution in [3.05, 3.63) is 95.0 Å². The third-order valence-corrected chi connectivity index (χ3v) is 8.74. The molecule has 0 aliphatic carbocycles. The second-order valence-electron chi connectivity index (χ2n) is 9.57. The van der Waals surface area contributed by atoms with E-state index < -0.39 is 27.4 Å². The summed E-state index contributed by atoms with van der Waals surface area (Å²) in [6, 6.07) is 22.6. The molecule has 2 atom stereocenters. The van der Waals surface area contributed by atoms with Crippen LogP contribution in [0.4, 0.5) is 0 Å². The Kier molecular flexibility index (Phi) is 9.84. The largest absolute Gasteiger partial charge is 0.494 e. The molecule has 1 amide bonds. The standard InChI is InChI=1S/C30H33ClN2O6S/c1-22-30(16-20-40(36,37)27-9-3-2-4-10-27,29(35)32-17-15-23-7-5-8-25(31)21-23)33-28(39-22)24-11-13-26(14-12-24)38-19-6-18-34/h2-5,7-14,21-22,34H,6,15-20H2,1H3,(H,32,35)/t22-,30-/m1/s1. The first kappa shape index (κ1) is 29.6. The van der Waals surface area contributed by atoms with Gasteiger partial charge in [-0.2, -0.15) is 0 Å². The zero-order valence-corrected chi connectivity index (χ0v) is 23.8. The van der Waals surface area contributed by atoms with Crippen LogP contribution in [0.25, 0.3) is 0 Å². The van der Waals surface area contributed by atoms with Crippen LogP contribution in [-0.2, 0) is 25.8 Å². The highest BCUT2D eigenvalue weighted by Crippen LogP contribution is 2.33. The van der Waals surface area contributed by atoms with Crippen LogP contribution >= 0.6 is 11.6 Å². The van der Waals surface area contributed by atoms with Crippen molar-refractivity contribution in [3.63, 3.8) is 0 Å². The SMILES string of the molecule is C[C@H]1OC(c2ccc(OCCCO)cc2)=N[C@@]1(CCS(=O)(=O)c1ccccc1)C(=O)NCCc1cccc(Cl)c1. The Labute approximate surface area is 239 Å². The van der Waals surface area contributed by atoms with E-state index in [0.29, 0.717) is 42.3 Å². The zero-order valence-electron chi connectivity index (χ0n) is 22.3. The van der Waals surface area contributed by atoms with E-state index >= 15 is 0 Å². The van der Waals surface area contributed by atoms with Gasteiger partial charge in [0.25, 0.3) is 5.91 Å². The smallest absolute Gasteiger partial charge is 0.251 e. The zero-order chi connectivity index (χ0) is 28.6. The number of rotatable bonds is 13. The first-order valence-electron chi connectivity index (χ1n) is 13.1. The van der Waals surface area contributed by atoms with Gasteiger partial charge in [-0.05, 0) is 73.9 Å². The van der Waals surface area contributed by atoms with Gasteiger partial charge < -0.3 is 19.9 Å². The molecule has 0 fully saturated rings. The third kappa shape index (κ3) is 7.21. The highest BCUT2D eigenvalue weighted by atomic mass is 35.5. The average molecular weight is 585 g/mol. The molecule has 3 aromatic carbocycles. The van der Waals surface area contributed by atoms with Crippen LogP contribution in [-0.4, -0.2) is 62.5 Å². The normalized spacial score (nSPS) is 18.6. The van der Waals surface area contributed by atoms with E-state index in [2.05, 4.69) is 5.32 Å². The molecule has 212 valence electrons. The Morgan fingerprint density at radius 2 is 1.85 bits per heavy atom. The lowest BCUT2D eigenvalue weighted by Gasteiger charge is -2.28. The van der Waals surface area contributed by atoms with Crippen molar-refractivity contribution in [1.82, 2.24) is 5.32 Å². The van der Waals surface area contributed by atoms with E-state index in [1.54, 1.807) is 67.6 Å². The molecule has 0 spiro atoms. The highest BCUT2D eigenvalue weighted by molar-refractivity contribution is 7.91. The van der Waals surface area contributed by atoms with Gasteiger partial charge in [0.05, 0.1) is 17.3 Å². The van der Waals surface area contributed by atoms with E-state index in [0.717, 1.165) is 5.56 Å². The second-order valence-corrected chi connectivity index (χ2v) is 12.1. The first-order valence-corrected chi connectivity index (χ1v) is 15.2. The van der Waals surface area contributed by atoms with E-state index in [9.17, 15) is 13.2 Å². The summed E-state index contributed by atoms with van der Waals surface area (Å²) >= 11 is 6.08. The minimum absolute atomic E-state index is 0.0455. The number of hydrogen-bond donors (Lipinski definition) is 2. The van der Waals surface area contributed by atoms with Gasteiger partial charge in [-0.1, -0.05) is 41.9 Å². The van der Waals surface area contributed by atoms with Crippen LogP contribution < -0.4 is 10.1 Å². The summed E-state index contributed by atoms with van der Waals surface area (Å²) < 4.78 is 37.9. The van der Waals surface area contributed by atoms with Gasteiger partial charge in [-0.3, -0.25) is 4.79 Å². The van der Waals surface area contributed by atoms with Crippen LogP contribution in [0.15, 0.2) is 88.8 Å². The molecule has 1 heterocycles. The first-order chi connectivity index (χ1) is 19.2. The number of nitrogens with one attached hydrogen (secondary N) is 1. The summed E-state index contributed by atoms with van der Waals surface area (Å²) in [6.07, 6.45) is 0.310. The van der Waals surface area contributed by atoms with Crippen molar-refractivity contribution in [1.29, 1.82) is 0 Å². The van der Waals surface area contributed by atoms with Gasteiger partial charge in [0.1, 0.15) is 11.9 Å². The number of aliphatic hydroxyl groups is 1. The van der Waals surface area contributed by atoms with Crippen molar-refractivity contribution in [2.75, 3.05) is 25.5 Å². The minimum Gasteiger partial charge on any atom is -0.494 e. The van der Waals surface area contributed by atoms with Gasteiger partial charge >= 0.3 is 0 Å². The van der Waals surface area contributed by atoms with Gasteiger partial charge in [0.2, 0.25) is 5.90 Å². The van der Waals surface area contributed by atoms with Crippen LogP contribution in [0, 0.1) is 0 Å². The van der Waals surface area contributed by atoms with Crippen LogP contribution in [0.1, 0.15) is 30.9 Å². The predicted molar refractivity (Wildman–Crippen MR) is 155 cm³/mol. The number of halogens is 1. The second kappa shape index (κ2) is 13.3. The van der Waals surface area contributed by atoms with E-state index in [1.165, 1.54) is 0 Å². The molecule has 1 aliphatic heterocycles.